The number of sulfone groups is 1. The molecule has 2 heterocycles. The summed E-state index contributed by atoms with van der Waals surface area (Å²) in [5, 5.41) is 3.25. The zero-order valence-corrected chi connectivity index (χ0v) is 18.9. The molecule has 1 amide bonds. The molecule has 32 heavy (non-hydrogen) atoms. The first-order valence-corrected chi connectivity index (χ1v) is 12.6. The van der Waals surface area contributed by atoms with E-state index in [-0.39, 0.29) is 29.6 Å². The number of benzene rings is 1. The van der Waals surface area contributed by atoms with Gasteiger partial charge in [-0.25, -0.2) is 8.42 Å². The maximum Gasteiger partial charge on any atom is 0.287 e. The zero-order chi connectivity index (χ0) is 22.6. The first-order valence-electron chi connectivity index (χ1n) is 11.0. The van der Waals surface area contributed by atoms with Crippen molar-refractivity contribution < 1.29 is 22.4 Å². The Labute approximate surface area is 188 Å². The van der Waals surface area contributed by atoms with Crippen LogP contribution in [0, 0.1) is 0 Å². The fraction of sp³-hybridized carbons (Fsp3) is 0.417. The van der Waals surface area contributed by atoms with Gasteiger partial charge in [0.05, 0.1) is 22.4 Å². The molecule has 2 aromatic heterocycles. The number of rotatable bonds is 8. The molecule has 1 fully saturated rings. The molecule has 0 unspecified atom stereocenters. The molecule has 1 aliphatic rings. The molecule has 0 spiro atoms. The third-order valence-electron chi connectivity index (χ3n) is 5.87. The van der Waals surface area contributed by atoms with Gasteiger partial charge in [0.1, 0.15) is 0 Å². The van der Waals surface area contributed by atoms with Gasteiger partial charge in [-0.15, -0.1) is 0 Å². The van der Waals surface area contributed by atoms with E-state index in [1.54, 1.807) is 48.8 Å². The highest BCUT2D eigenvalue weighted by Crippen LogP contribution is 2.30. The highest BCUT2D eigenvalue weighted by Gasteiger charge is 2.32. The predicted octanol–water partition coefficient (Wildman–Crippen LogP) is 4.27. The molecule has 0 atom stereocenters. The lowest BCUT2D eigenvalue weighted by atomic mass is 9.97. The Balaban J connectivity index is 1.34. The number of furan rings is 1. The van der Waals surface area contributed by atoms with Gasteiger partial charge in [-0.3, -0.25) is 9.78 Å². The van der Waals surface area contributed by atoms with Crippen molar-refractivity contribution in [3.8, 4) is 0 Å². The number of aromatic nitrogens is 1. The molecule has 0 radical (unpaired) electrons. The Morgan fingerprint density at radius 2 is 1.91 bits per heavy atom. The molecule has 0 bridgehead atoms. The van der Waals surface area contributed by atoms with Gasteiger partial charge in [0.25, 0.3) is 5.91 Å². The second kappa shape index (κ2) is 9.83. The van der Waals surface area contributed by atoms with E-state index in [1.165, 1.54) is 0 Å². The fourth-order valence-electron chi connectivity index (χ4n) is 4.05. The van der Waals surface area contributed by atoms with Gasteiger partial charge in [-0.2, -0.15) is 0 Å². The number of nitrogens with zero attached hydrogens (tertiary/aromatic N) is 1. The molecule has 1 N–H and O–H groups in total. The van der Waals surface area contributed by atoms with Crippen molar-refractivity contribution in [2.75, 3.05) is 6.61 Å². The van der Waals surface area contributed by atoms with Crippen LogP contribution in [-0.2, 0) is 21.1 Å². The van der Waals surface area contributed by atoms with Crippen LogP contribution >= 0.6 is 0 Å². The quantitative estimate of drug-likeness (QED) is 0.544. The van der Waals surface area contributed by atoms with Crippen LogP contribution in [0.3, 0.4) is 0 Å². The maximum atomic E-state index is 13.0. The predicted molar refractivity (Wildman–Crippen MR) is 121 cm³/mol. The molecule has 170 valence electrons. The zero-order valence-electron chi connectivity index (χ0n) is 18.1. The van der Waals surface area contributed by atoms with E-state index in [1.807, 2.05) is 0 Å². The van der Waals surface area contributed by atoms with E-state index in [9.17, 15) is 13.2 Å². The van der Waals surface area contributed by atoms with Crippen LogP contribution in [0.15, 0.2) is 58.1 Å². The van der Waals surface area contributed by atoms with Crippen molar-refractivity contribution in [2.45, 2.75) is 61.8 Å². The Kier molecular flexibility index (Phi) is 6.91. The summed E-state index contributed by atoms with van der Waals surface area (Å²) in [5.74, 6) is -0.120. The summed E-state index contributed by atoms with van der Waals surface area (Å²) < 4.78 is 37.3. The van der Waals surface area contributed by atoms with Gasteiger partial charge in [-0.05, 0) is 61.9 Å². The van der Waals surface area contributed by atoms with Crippen molar-refractivity contribution in [1.29, 1.82) is 0 Å². The van der Waals surface area contributed by atoms with Crippen molar-refractivity contribution >= 4 is 26.7 Å². The van der Waals surface area contributed by atoms with Gasteiger partial charge in [-0.1, -0.05) is 19.1 Å². The largest absolute Gasteiger partial charge is 0.449 e. The Morgan fingerprint density at radius 3 is 2.59 bits per heavy atom. The number of hydrogen-bond acceptors (Lipinski definition) is 6. The van der Waals surface area contributed by atoms with Gasteiger partial charge in [0.15, 0.2) is 21.2 Å². The molecule has 1 aromatic carbocycles. The highest BCUT2D eigenvalue weighted by molar-refractivity contribution is 7.92. The van der Waals surface area contributed by atoms with Crippen molar-refractivity contribution in [3.05, 3.63) is 60.1 Å². The van der Waals surface area contributed by atoms with Crippen LogP contribution < -0.4 is 5.32 Å². The molecule has 1 saturated carbocycles. The summed E-state index contributed by atoms with van der Waals surface area (Å²) in [6.45, 7) is 3.07. The van der Waals surface area contributed by atoms with Crippen LogP contribution in [0.2, 0.25) is 0 Å². The second-order valence-corrected chi connectivity index (χ2v) is 10.4. The summed E-state index contributed by atoms with van der Waals surface area (Å²) in [6.07, 6.45) is 7.17. The topological polar surface area (TPSA) is 98.5 Å². The Hall–Kier alpha value is -2.71. The molecule has 4 rings (SSSR count). The van der Waals surface area contributed by atoms with Crippen LogP contribution in [0.1, 0.15) is 55.1 Å². The molecule has 1 aliphatic carbocycles. The third-order valence-corrected chi connectivity index (χ3v) is 8.15. The number of amides is 1. The lowest BCUT2D eigenvalue weighted by molar-refractivity contribution is 0.0295. The van der Waals surface area contributed by atoms with E-state index in [0.717, 1.165) is 36.8 Å². The van der Waals surface area contributed by atoms with E-state index in [0.29, 0.717) is 23.3 Å². The summed E-state index contributed by atoms with van der Waals surface area (Å²) in [6, 6.07) is 10.2. The van der Waals surface area contributed by atoms with E-state index >= 15 is 0 Å². The summed E-state index contributed by atoms with van der Waals surface area (Å²) in [4.78, 5) is 16.7. The number of pyridine rings is 1. The Morgan fingerprint density at radius 1 is 1.16 bits per heavy atom. The maximum absolute atomic E-state index is 13.0. The normalized spacial score (nSPS) is 19.2. The van der Waals surface area contributed by atoms with E-state index in [4.69, 9.17) is 9.15 Å². The molecule has 0 aliphatic heterocycles. The number of carbonyl (C=O) groups is 1. The highest BCUT2D eigenvalue weighted by atomic mass is 32.2. The van der Waals surface area contributed by atoms with Gasteiger partial charge < -0.3 is 14.5 Å². The lowest BCUT2D eigenvalue weighted by Gasteiger charge is -2.28. The fourth-order valence-corrected chi connectivity index (χ4v) is 5.84. The molecular weight excluding hydrogens is 428 g/mol. The van der Waals surface area contributed by atoms with E-state index < -0.39 is 9.84 Å². The first kappa shape index (κ1) is 22.5. The number of ether oxygens (including phenoxy) is 1. The van der Waals surface area contributed by atoms with Crippen LogP contribution in [0.25, 0.3) is 11.0 Å². The van der Waals surface area contributed by atoms with Gasteiger partial charge in [0, 0.05) is 24.7 Å². The molecule has 8 heteroatoms. The average Bonchev–Trinajstić information content (AvgIpc) is 3.26. The number of carbonyl (C=O) groups excluding carboxylic acids is 1. The lowest BCUT2D eigenvalue weighted by Crippen LogP contribution is -2.30. The van der Waals surface area contributed by atoms with Crippen LogP contribution in [0.5, 0.6) is 0 Å². The molecular formula is C24H28N2O5S. The van der Waals surface area contributed by atoms with Gasteiger partial charge >= 0.3 is 0 Å². The smallest absolute Gasteiger partial charge is 0.287 e. The first-order chi connectivity index (χ1) is 15.5. The molecule has 0 saturated heterocycles. The minimum atomic E-state index is -3.38. The van der Waals surface area contributed by atoms with Crippen molar-refractivity contribution in [2.24, 2.45) is 0 Å². The van der Waals surface area contributed by atoms with Crippen molar-refractivity contribution in [3.63, 3.8) is 0 Å². The van der Waals surface area contributed by atoms with Crippen LogP contribution in [0.4, 0.5) is 0 Å². The van der Waals surface area contributed by atoms with Gasteiger partial charge in [0.2, 0.25) is 0 Å². The minimum absolute atomic E-state index is 0.176. The standard InChI is InChI=1S/C24H28N2O5S/c1-2-13-30-19-5-9-21(10-6-19)32(28,29)20-7-3-17(4-8-20)15-26-24(27)22-14-18-11-12-25-16-23(18)31-22/h3-4,7-8,11-12,14,16,19,21H,2,5-6,9-10,13,15H2,1H3,(H,26,27). The average molecular weight is 457 g/mol. The monoisotopic (exact) mass is 456 g/mol. The second-order valence-electron chi connectivity index (χ2n) is 8.17. The Bertz CT molecular complexity index is 1130. The third kappa shape index (κ3) is 5.02. The van der Waals surface area contributed by atoms with Crippen molar-refractivity contribution in [1.82, 2.24) is 10.3 Å². The summed E-state index contributed by atoms with van der Waals surface area (Å²) >= 11 is 0. The molecule has 3 aromatic rings. The minimum Gasteiger partial charge on any atom is -0.449 e. The van der Waals surface area contributed by atoms with Crippen LogP contribution in [-0.4, -0.2) is 37.3 Å². The summed E-state index contributed by atoms with van der Waals surface area (Å²) in [5.41, 5.74) is 1.37. The number of nitrogens with one attached hydrogen (secondary N) is 1. The van der Waals surface area contributed by atoms with E-state index in [2.05, 4.69) is 17.2 Å². The molecule has 7 nitrogen and oxygen atoms in total. The summed E-state index contributed by atoms with van der Waals surface area (Å²) in [7, 11) is -3.38. The number of hydrogen-bond donors (Lipinski definition) is 1. The number of fused-ring (bicyclic) bond motifs is 1. The SMILES string of the molecule is CCCOC1CCC(S(=O)(=O)c2ccc(CNC(=O)c3cc4ccncc4o3)cc2)CC1.